The second-order valence-corrected chi connectivity index (χ2v) is 4.85. The molecule has 0 atom stereocenters. The van der Waals surface area contributed by atoms with Crippen LogP contribution in [0, 0.1) is 0 Å². The molecule has 1 aromatic heterocycles. The van der Waals surface area contributed by atoms with Gasteiger partial charge in [0.15, 0.2) is 0 Å². The SMILES string of the molecule is Clc1cc2c3c(oc2c2ccccc12)C=CNC3. The highest BCUT2D eigenvalue weighted by molar-refractivity contribution is 6.37. The molecule has 2 heterocycles. The minimum Gasteiger partial charge on any atom is -0.456 e. The predicted molar refractivity (Wildman–Crippen MR) is 74.6 cm³/mol. The molecule has 0 amide bonds. The second kappa shape index (κ2) is 3.53. The fourth-order valence-electron chi connectivity index (χ4n) is 2.56. The highest BCUT2D eigenvalue weighted by Crippen LogP contribution is 2.37. The van der Waals surface area contributed by atoms with Crippen molar-refractivity contribution in [3.8, 4) is 0 Å². The first-order valence-corrected chi connectivity index (χ1v) is 6.25. The molecule has 2 aromatic carbocycles. The van der Waals surface area contributed by atoms with Crippen LogP contribution in [0.1, 0.15) is 11.3 Å². The lowest BCUT2D eigenvalue weighted by atomic mass is 10.0. The maximum atomic E-state index is 6.36. The molecular weight excluding hydrogens is 246 g/mol. The average molecular weight is 256 g/mol. The smallest absolute Gasteiger partial charge is 0.143 e. The molecule has 0 saturated heterocycles. The molecule has 88 valence electrons. The van der Waals surface area contributed by atoms with Crippen LogP contribution < -0.4 is 5.32 Å². The molecule has 0 bridgehead atoms. The fraction of sp³-hybridized carbons (Fsp3) is 0.0667. The summed E-state index contributed by atoms with van der Waals surface area (Å²) < 4.78 is 5.97. The zero-order valence-corrected chi connectivity index (χ0v) is 10.3. The molecule has 0 radical (unpaired) electrons. The van der Waals surface area contributed by atoms with Crippen molar-refractivity contribution in [2.24, 2.45) is 0 Å². The van der Waals surface area contributed by atoms with E-state index < -0.39 is 0 Å². The zero-order chi connectivity index (χ0) is 12.1. The number of nitrogens with one attached hydrogen (secondary N) is 1. The van der Waals surface area contributed by atoms with Gasteiger partial charge in [-0.15, -0.1) is 0 Å². The highest BCUT2D eigenvalue weighted by atomic mass is 35.5. The van der Waals surface area contributed by atoms with Crippen LogP contribution in [0.25, 0.3) is 27.8 Å². The van der Waals surface area contributed by atoms with Crippen molar-refractivity contribution < 1.29 is 4.42 Å². The van der Waals surface area contributed by atoms with Crippen LogP contribution in [-0.2, 0) is 6.54 Å². The summed E-state index contributed by atoms with van der Waals surface area (Å²) in [5.74, 6) is 0.927. The number of halogens is 1. The third-order valence-corrected chi connectivity index (χ3v) is 3.72. The molecule has 3 aromatic rings. The molecule has 4 rings (SSSR count). The van der Waals surface area contributed by atoms with Crippen molar-refractivity contribution in [1.82, 2.24) is 5.32 Å². The van der Waals surface area contributed by atoms with Crippen LogP contribution in [0.4, 0.5) is 0 Å². The summed E-state index contributed by atoms with van der Waals surface area (Å²) in [6.45, 7) is 0.785. The summed E-state index contributed by atoms with van der Waals surface area (Å²) in [4.78, 5) is 0. The van der Waals surface area contributed by atoms with Crippen LogP contribution in [-0.4, -0.2) is 0 Å². The standard InChI is InChI=1S/C15H10ClNO/c16-13-7-11-12-8-17-6-5-14(12)18-15(11)10-4-2-1-3-9(10)13/h1-7,17H,8H2. The molecule has 3 heteroatoms. The lowest BCUT2D eigenvalue weighted by Crippen LogP contribution is -2.08. The van der Waals surface area contributed by atoms with E-state index >= 15 is 0 Å². The Kier molecular flexibility index (Phi) is 1.97. The maximum Gasteiger partial charge on any atom is 0.143 e. The molecule has 0 fully saturated rings. The Hall–Kier alpha value is -1.93. The molecule has 0 aliphatic carbocycles. The summed E-state index contributed by atoms with van der Waals surface area (Å²) in [6, 6.07) is 10.1. The topological polar surface area (TPSA) is 25.2 Å². The van der Waals surface area contributed by atoms with Crippen molar-refractivity contribution in [2.75, 3.05) is 0 Å². The Labute approximate surface area is 109 Å². The first-order chi connectivity index (χ1) is 8.84. The van der Waals surface area contributed by atoms with Gasteiger partial charge in [-0.1, -0.05) is 35.9 Å². The van der Waals surface area contributed by atoms with Crippen molar-refractivity contribution in [3.05, 3.63) is 52.9 Å². The van der Waals surface area contributed by atoms with E-state index in [4.69, 9.17) is 16.0 Å². The number of rotatable bonds is 0. The van der Waals surface area contributed by atoms with Gasteiger partial charge in [-0.05, 0) is 12.1 Å². The Morgan fingerprint density at radius 2 is 1.94 bits per heavy atom. The molecule has 1 N–H and O–H groups in total. The summed E-state index contributed by atoms with van der Waals surface area (Å²) >= 11 is 6.36. The summed E-state index contributed by atoms with van der Waals surface area (Å²) in [7, 11) is 0. The summed E-state index contributed by atoms with van der Waals surface area (Å²) in [5.41, 5.74) is 2.11. The van der Waals surface area contributed by atoms with E-state index in [0.29, 0.717) is 0 Å². The lowest BCUT2D eigenvalue weighted by Gasteiger charge is -2.06. The third-order valence-electron chi connectivity index (χ3n) is 3.41. The molecule has 1 aliphatic rings. The number of furan rings is 1. The van der Waals surface area contributed by atoms with E-state index in [9.17, 15) is 0 Å². The van der Waals surface area contributed by atoms with Gasteiger partial charge < -0.3 is 9.73 Å². The van der Waals surface area contributed by atoms with Crippen molar-refractivity contribution >= 4 is 39.4 Å². The van der Waals surface area contributed by atoms with Gasteiger partial charge in [0.1, 0.15) is 11.3 Å². The Bertz CT molecular complexity index is 801. The van der Waals surface area contributed by atoms with Crippen molar-refractivity contribution in [3.63, 3.8) is 0 Å². The Morgan fingerprint density at radius 1 is 1.11 bits per heavy atom. The van der Waals surface area contributed by atoms with Crippen molar-refractivity contribution in [1.29, 1.82) is 0 Å². The normalized spacial score (nSPS) is 13.8. The monoisotopic (exact) mass is 255 g/mol. The average Bonchev–Trinajstić information content (AvgIpc) is 2.78. The van der Waals surface area contributed by atoms with E-state index in [0.717, 1.165) is 39.1 Å². The van der Waals surface area contributed by atoms with Crippen LogP contribution >= 0.6 is 11.6 Å². The molecule has 0 unspecified atom stereocenters. The molecular formula is C15H10ClNO. The quantitative estimate of drug-likeness (QED) is 0.647. The largest absolute Gasteiger partial charge is 0.456 e. The van der Waals surface area contributed by atoms with E-state index in [1.54, 1.807) is 0 Å². The Morgan fingerprint density at radius 3 is 2.83 bits per heavy atom. The number of fused-ring (bicyclic) bond motifs is 5. The number of hydrogen-bond donors (Lipinski definition) is 1. The van der Waals surface area contributed by atoms with E-state index in [-0.39, 0.29) is 0 Å². The first-order valence-electron chi connectivity index (χ1n) is 5.87. The van der Waals surface area contributed by atoms with Gasteiger partial charge in [0.05, 0.1) is 0 Å². The molecule has 0 saturated carbocycles. The lowest BCUT2D eigenvalue weighted by molar-refractivity contribution is 0.595. The first kappa shape index (κ1) is 10.0. The minimum absolute atomic E-state index is 0.774. The highest BCUT2D eigenvalue weighted by Gasteiger charge is 2.17. The summed E-state index contributed by atoms with van der Waals surface area (Å²) in [6.07, 6.45) is 3.87. The fourth-order valence-corrected chi connectivity index (χ4v) is 2.83. The summed E-state index contributed by atoms with van der Waals surface area (Å²) in [5, 5.41) is 7.19. The second-order valence-electron chi connectivity index (χ2n) is 4.44. The van der Waals surface area contributed by atoms with E-state index in [2.05, 4.69) is 11.4 Å². The van der Waals surface area contributed by atoms with Gasteiger partial charge >= 0.3 is 0 Å². The van der Waals surface area contributed by atoms with Gasteiger partial charge in [-0.3, -0.25) is 0 Å². The zero-order valence-electron chi connectivity index (χ0n) is 9.53. The Balaban J connectivity index is 2.24. The van der Waals surface area contributed by atoms with Gasteiger partial charge in [-0.2, -0.15) is 0 Å². The molecule has 1 aliphatic heterocycles. The number of benzene rings is 2. The van der Waals surface area contributed by atoms with Gasteiger partial charge in [0.25, 0.3) is 0 Å². The van der Waals surface area contributed by atoms with Gasteiger partial charge in [0.2, 0.25) is 0 Å². The van der Waals surface area contributed by atoms with Crippen LogP contribution in [0.5, 0.6) is 0 Å². The minimum atomic E-state index is 0.774. The van der Waals surface area contributed by atoms with Crippen molar-refractivity contribution in [2.45, 2.75) is 6.54 Å². The number of hydrogen-bond acceptors (Lipinski definition) is 2. The van der Waals surface area contributed by atoms with E-state index in [1.165, 1.54) is 5.56 Å². The predicted octanol–water partition coefficient (Wildman–Crippen LogP) is 4.31. The van der Waals surface area contributed by atoms with Crippen LogP contribution in [0.2, 0.25) is 5.02 Å². The van der Waals surface area contributed by atoms with Gasteiger partial charge in [-0.25, -0.2) is 0 Å². The van der Waals surface area contributed by atoms with Gasteiger partial charge in [0, 0.05) is 39.5 Å². The third kappa shape index (κ3) is 1.24. The van der Waals surface area contributed by atoms with Crippen LogP contribution in [0.15, 0.2) is 40.9 Å². The molecule has 18 heavy (non-hydrogen) atoms. The van der Waals surface area contributed by atoms with E-state index in [1.807, 2.05) is 36.5 Å². The molecule has 2 nitrogen and oxygen atoms in total. The maximum absolute atomic E-state index is 6.36. The molecule has 0 spiro atoms. The van der Waals surface area contributed by atoms with Crippen LogP contribution in [0.3, 0.4) is 0 Å².